The second-order valence-electron chi connectivity index (χ2n) is 9.28. The predicted octanol–water partition coefficient (Wildman–Crippen LogP) is 7.05. The molecule has 1 aliphatic carbocycles. The third-order valence-corrected chi connectivity index (χ3v) is 9.81. The molecule has 3 heterocycles. The smallest absolute Gasteiger partial charge is 0.268 e. The first kappa shape index (κ1) is 25.6. The van der Waals surface area contributed by atoms with Gasteiger partial charge in [-0.05, 0) is 48.9 Å². The molecule has 9 heteroatoms. The Bertz CT molecular complexity index is 1770. The van der Waals surface area contributed by atoms with E-state index in [9.17, 15) is 14.9 Å². The summed E-state index contributed by atoms with van der Waals surface area (Å²) in [5.74, 6) is -0.159. The van der Waals surface area contributed by atoms with Crippen molar-refractivity contribution in [2.75, 3.05) is 11.1 Å². The molecule has 1 aliphatic rings. The molecule has 39 heavy (non-hydrogen) atoms. The third-order valence-electron chi connectivity index (χ3n) is 6.79. The lowest BCUT2D eigenvalue weighted by Crippen LogP contribution is -2.22. The van der Waals surface area contributed by atoms with E-state index in [1.165, 1.54) is 45.7 Å². The summed E-state index contributed by atoms with van der Waals surface area (Å²) in [4.78, 5) is 33.7. The molecule has 0 saturated heterocycles. The van der Waals surface area contributed by atoms with Gasteiger partial charge >= 0.3 is 0 Å². The van der Waals surface area contributed by atoms with Crippen LogP contribution in [0.5, 0.6) is 0 Å². The summed E-state index contributed by atoms with van der Waals surface area (Å²) < 4.78 is 1.59. The molecule has 3 aromatic heterocycles. The van der Waals surface area contributed by atoms with Crippen molar-refractivity contribution in [3.63, 3.8) is 0 Å². The van der Waals surface area contributed by atoms with Gasteiger partial charge in [-0.3, -0.25) is 14.2 Å². The predicted molar refractivity (Wildman–Crippen MR) is 160 cm³/mol. The van der Waals surface area contributed by atoms with Crippen molar-refractivity contribution in [2.45, 2.75) is 37.3 Å². The highest BCUT2D eigenvalue weighted by Crippen LogP contribution is 2.37. The summed E-state index contributed by atoms with van der Waals surface area (Å²) in [6.07, 6.45) is 5.20. The molecule has 0 aliphatic heterocycles. The van der Waals surface area contributed by atoms with E-state index in [-0.39, 0.29) is 17.2 Å². The zero-order chi connectivity index (χ0) is 26.8. The van der Waals surface area contributed by atoms with Crippen LogP contribution in [0, 0.1) is 11.3 Å². The molecule has 1 N–H and O–H groups in total. The number of nitriles is 1. The summed E-state index contributed by atoms with van der Waals surface area (Å²) in [6, 6.07) is 21.5. The van der Waals surface area contributed by atoms with E-state index in [2.05, 4.69) is 11.4 Å². The number of benzene rings is 2. The van der Waals surface area contributed by atoms with Gasteiger partial charge in [0.05, 0.1) is 22.4 Å². The number of rotatable bonds is 6. The van der Waals surface area contributed by atoms with Crippen molar-refractivity contribution < 1.29 is 4.79 Å². The SMILES string of the molecule is N#Cc1c(NC(=O)CSc2nc3scc(-c4ccccc4)c3c(=O)n2-c2ccccc2)sc2c1CCCCC2. The van der Waals surface area contributed by atoms with Crippen LogP contribution in [0.1, 0.15) is 35.3 Å². The summed E-state index contributed by atoms with van der Waals surface area (Å²) in [5, 5.41) is 16.4. The second-order valence-corrected chi connectivity index (χ2v) is 12.2. The van der Waals surface area contributed by atoms with Crippen LogP contribution in [-0.2, 0) is 17.6 Å². The van der Waals surface area contributed by atoms with E-state index >= 15 is 0 Å². The van der Waals surface area contributed by atoms with Crippen LogP contribution in [0.3, 0.4) is 0 Å². The van der Waals surface area contributed by atoms with Crippen molar-refractivity contribution in [2.24, 2.45) is 0 Å². The molecule has 6 rings (SSSR count). The van der Waals surface area contributed by atoms with E-state index in [1.54, 1.807) is 4.57 Å². The molecule has 0 fully saturated rings. The van der Waals surface area contributed by atoms with Gasteiger partial charge in [0.1, 0.15) is 15.9 Å². The zero-order valence-corrected chi connectivity index (χ0v) is 23.4. The molecule has 0 unspecified atom stereocenters. The van der Waals surface area contributed by atoms with Gasteiger partial charge in [0.2, 0.25) is 5.91 Å². The van der Waals surface area contributed by atoms with Gasteiger partial charge in [-0.25, -0.2) is 4.98 Å². The molecule has 5 aromatic rings. The molecule has 194 valence electrons. The van der Waals surface area contributed by atoms with E-state index in [4.69, 9.17) is 4.98 Å². The Labute approximate surface area is 238 Å². The molecule has 1 amide bonds. The van der Waals surface area contributed by atoms with Crippen molar-refractivity contribution in [1.29, 1.82) is 5.26 Å². The van der Waals surface area contributed by atoms with E-state index in [0.717, 1.165) is 42.4 Å². The maximum absolute atomic E-state index is 13.9. The van der Waals surface area contributed by atoms with Crippen LogP contribution < -0.4 is 10.9 Å². The van der Waals surface area contributed by atoms with Gasteiger partial charge in [0.15, 0.2) is 5.16 Å². The number of nitrogens with one attached hydrogen (secondary N) is 1. The highest BCUT2D eigenvalue weighted by molar-refractivity contribution is 7.99. The monoisotopic (exact) mass is 568 g/mol. The van der Waals surface area contributed by atoms with Crippen LogP contribution in [-0.4, -0.2) is 21.2 Å². The first-order chi connectivity index (χ1) is 19.1. The second kappa shape index (κ2) is 11.2. The van der Waals surface area contributed by atoms with E-state index < -0.39 is 0 Å². The summed E-state index contributed by atoms with van der Waals surface area (Å²) in [7, 11) is 0. The number of para-hydroxylation sites is 1. The normalized spacial score (nSPS) is 13.0. The lowest BCUT2D eigenvalue weighted by atomic mass is 10.1. The minimum Gasteiger partial charge on any atom is -0.316 e. The Morgan fingerprint density at radius 1 is 1.05 bits per heavy atom. The lowest BCUT2D eigenvalue weighted by molar-refractivity contribution is -0.113. The first-order valence-electron chi connectivity index (χ1n) is 12.8. The van der Waals surface area contributed by atoms with Crippen LogP contribution >= 0.6 is 34.4 Å². The van der Waals surface area contributed by atoms with Gasteiger partial charge in [-0.15, -0.1) is 22.7 Å². The minimum atomic E-state index is -0.224. The number of fused-ring (bicyclic) bond motifs is 2. The average molecular weight is 569 g/mol. The average Bonchev–Trinajstić information content (AvgIpc) is 3.45. The Kier molecular flexibility index (Phi) is 7.33. The number of thioether (sulfide) groups is 1. The van der Waals surface area contributed by atoms with Crippen molar-refractivity contribution in [3.05, 3.63) is 92.4 Å². The van der Waals surface area contributed by atoms with Gasteiger partial charge in [0.25, 0.3) is 5.56 Å². The standard InChI is InChI=1S/C30H24N4O2S3/c31-16-22-21-14-8-3-9-15-24(21)39-27(22)32-25(35)18-38-30-33-28-26(23(17-37-28)19-10-4-1-5-11-19)29(36)34(30)20-12-6-2-7-13-20/h1-2,4-7,10-13,17H,3,8-9,14-15,18H2,(H,32,35). The fraction of sp³-hybridized carbons (Fsp3) is 0.200. The van der Waals surface area contributed by atoms with E-state index in [0.29, 0.717) is 31.6 Å². The third kappa shape index (κ3) is 5.03. The van der Waals surface area contributed by atoms with Crippen LogP contribution in [0.4, 0.5) is 5.00 Å². The molecular weight excluding hydrogens is 545 g/mol. The number of carbonyl (C=O) groups is 1. The maximum Gasteiger partial charge on any atom is 0.268 e. The van der Waals surface area contributed by atoms with Gasteiger partial charge < -0.3 is 5.32 Å². The molecular formula is C30H24N4O2S3. The number of aromatic nitrogens is 2. The molecule has 0 radical (unpaired) electrons. The Balaban J connectivity index is 1.33. The zero-order valence-electron chi connectivity index (χ0n) is 21.0. The largest absolute Gasteiger partial charge is 0.316 e. The number of hydrogen-bond acceptors (Lipinski definition) is 7. The highest BCUT2D eigenvalue weighted by Gasteiger charge is 2.22. The summed E-state index contributed by atoms with van der Waals surface area (Å²) in [6.45, 7) is 0. The number of aryl methyl sites for hydroxylation is 1. The maximum atomic E-state index is 13.9. The Morgan fingerprint density at radius 2 is 1.79 bits per heavy atom. The number of hydrogen-bond donors (Lipinski definition) is 1. The molecule has 0 saturated carbocycles. The van der Waals surface area contributed by atoms with Crippen LogP contribution in [0.25, 0.3) is 27.0 Å². The fourth-order valence-electron chi connectivity index (χ4n) is 4.95. The highest BCUT2D eigenvalue weighted by atomic mass is 32.2. The fourth-order valence-corrected chi connectivity index (χ4v) is 8.00. The van der Waals surface area contributed by atoms with Crippen LogP contribution in [0.15, 0.2) is 76.0 Å². The van der Waals surface area contributed by atoms with Crippen LogP contribution in [0.2, 0.25) is 0 Å². The number of nitrogens with zero attached hydrogens (tertiary/aromatic N) is 3. The Morgan fingerprint density at radius 3 is 2.56 bits per heavy atom. The minimum absolute atomic E-state index is 0.0646. The molecule has 2 aromatic carbocycles. The van der Waals surface area contributed by atoms with Gasteiger partial charge in [-0.1, -0.05) is 66.7 Å². The molecule has 0 atom stereocenters. The summed E-state index contributed by atoms with van der Waals surface area (Å²) >= 11 is 4.17. The topological polar surface area (TPSA) is 87.8 Å². The lowest BCUT2D eigenvalue weighted by Gasteiger charge is -2.12. The molecule has 6 nitrogen and oxygen atoms in total. The van der Waals surface area contributed by atoms with Crippen molar-refractivity contribution in [3.8, 4) is 22.9 Å². The number of carbonyl (C=O) groups excluding carboxylic acids is 1. The molecule has 0 bridgehead atoms. The summed E-state index contributed by atoms with van der Waals surface area (Å²) in [5.41, 5.74) is 4.04. The van der Waals surface area contributed by atoms with Gasteiger partial charge in [-0.2, -0.15) is 5.26 Å². The van der Waals surface area contributed by atoms with Gasteiger partial charge in [0, 0.05) is 15.8 Å². The quantitative estimate of drug-likeness (QED) is 0.135. The van der Waals surface area contributed by atoms with Crippen molar-refractivity contribution >= 4 is 55.6 Å². The first-order valence-corrected chi connectivity index (χ1v) is 15.4. The van der Waals surface area contributed by atoms with Crippen molar-refractivity contribution in [1.82, 2.24) is 9.55 Å². The number of anilines is 1. The number of thiophene rings is 2. The Hall–Kier alpha value is -3.71. The van der Waals surface area contributed by atoms with E-state index in [1.807, 2.05) is 66.0 Å². The molecule has 0 spiro atoms. The number of amides is 1.